The first-order valence-corrected chi connectivity index (χ1v) is 6.42. The van der Waals surface area contributed by atoms with Crippen molar-refractivity contribution in [2.45, 2.75) is 19.3 Å². The number of sulfonamides is 1. The fourth-order valence-corrected chi connectivity index (χ4v) is 2.38. The lowest BCUT2D eigenvalue weighted by Crippen LogP contribution is -2.08. The van der Waals surface area contributed by atoms with Crippen LogP contribution < -0.4 is 4.72 Å². The highest BCUT2D eigenvalue weighted by molar-refractivity contribution is 7.95. The van der Waals surface area contributed by atoms with Gasteiger partial charge in [-0.15, -0.1) is 0 Å². The van der Waals surface area contributed by atoms with Gasteiger partial charge >= 0.3 is 0 Å². The third-order valence-corrected chi connectivity index (χ3v) is 3.54. The van der Waals surface area contributed by atoms with E-state index >= 15 is 0 Å². The second-order valence-electron chi connectivity index (χ2n) is 3.65. The molecule has 0 heterocycles. The largest absolute Gasteiger partial charge is 0.280 e. The highest BCUT2D eigenvalue weighted by Crippen LogP contribution is 2.25. The van der Waals surface area contributed by atoms with E-state index in [-0.39, 0.29) is 0 Å². The summed E-state index contributed by atoms with van der Waals surface area (Å²) in [6.07, 6.45) is 3.30. The molecule has 0 saturated carbocycles. The van der Waals surface area contributed by atoms with Gasteiger partial charge in [0.15, 0.2) is 0 Å². The van der Waals surface area contributed by atoms with Crippen LogP contribution in [0.1, 0.15) is 17.5 Å². The number of nitrogens with one attached hydrogen (secondary N) is 1. The smallest absolute Gasteiger partial charge is 0.254 e. The van der Waals surface area contributed by atoms with Crippen molar-refractivity contribution in [2.24, 2.45) is 0 Å². The quantitative estimate of drug-likeness (QED) is 0.852. The molecule has 0 aromatic heterocycles. The van der Waals surface area contributed by atoms with Gasteiger partial charge in [-0.05, 0) is 42.5 Å². The monoisotopic (exact) mass is 223 g/mol. The summed E-state index contributed by atoms with van der Waals surface area (Å²) >= 11 is 0. The summed E-state index contributed by atoms with van der Waals surface area (Å²) in [5.74, 6) is 0. The molecule has 0 amide bonds. The lowest BCUT2D eigenvalue weighted by atomic mass is 10.1. The summed E-state index contributed by atoms with van der Waals surface area (Å²) < 4.78 is 24.9. The van der Waals surface area contributed by atoms with Crippen LogP contribution in [-0.2, 0) is 22.9 Å². The van der Waals surface area contributed by atoms with E-state index in [9.17, 15) is 8.42 Å². The number of fused-ring (bicyclic) bond motifs is 1. The van der Waals surface area contributed by atoms with Crippen molar-refractivity contribution >= 4 is 15.7 Å². The first-order valence-electron chi connectivity index (χ1n) is 4.88. The maximum Gasteiger partial charge on any atom is 0.254 e. The Hall–Kier alpha value is -1.29. The van der Waals surface area contributed by atoms with E-state index in [4.69, 9.17) is 0 Å². The molecular formula is C11H13NO2S. The molecule has 15 heavy (non-hydrogen) atoms. The summed E-state index contributed by atoms with van der Waals surface area (Å²) in [4.78, 5) is 0. The van der Waals surface area contributed by atoms with E-state index < -0.39 is 10.0 Å². The number of hydrogen-bond donors (Lipinski definition) is 1. The highest BCUT2D eigenvalue weighted by atomic mass is 32.2. The molecule has 1 N–H and O–H groups in total. The number of hydrogen-bond acceptors (Lipinski definition) is 2. The summed E-state index contributed by atoms with van der Waals surface area (Å²) in [7, 11) is -3.38. The van der Waals surface area contributed by atoms with Gasteiger partial charge in [0, 0.05) is 11.1 Å². The molecule has 2 rings (SSSR count). The Morgan fingerprint density at radius 2 is 2.00 bits per heavy atom. The van der Waals surface area contributed by atoms with Gasteiger partial charge in [-0.3, -0.25) is 4.72 Å². The highest BCUT2D eigenvalue weighted by Gasteiger charge is 2.12. The summed E-state index contributed by atoms with van der Waals surface area (Å²) in [6.45, 7) is 3.25. The molecule has 0 atom stereocenters. The fraction of sp³-hybridized carbons (Fsp3) is 0.273. The lowest BCUT2D eigenvalue weighted by molar-refractivity contribution is 0.609. The van der Waals surface area contributed by atoms with Gasteiger partial charge in [0.05, 0.1) is 0 Å². The van der Waals surface area contributed by atoms with Crippen LogP contribution >= 0.6 is 0 Å². The second kappa shape index (κ2) is 3.70. The second-order valence-corrected chi connectivity index (χ2v) is 5.28. The Bertz CT molecular complexity index is 491. The summed E-state index contributed by atoms with van der Waals surface area (Å²) in [5, 5.41) is 0.917. The average Bonchev–Trinajstić information content (AvgIpc) is 2.64. The van der Waals surface area contributed by atoms with Crippen molar-refractivity contribution < 1.29 is 8.42 Å². The molecular weight excluding hydrogens is 210 g/mol. The minimum atomic E-state index is -3.38. The Kier molecular flexibility index (Phi) is 2.52. The SMILES string of the molecule is C=CS(=O)(=O)Nc1ccc2c(c1)CCC2. The first-order chi connectivity index (χ1) is 7.11. The predicted molar refractivity (Wildman–Crippen MR) is 61.2 cm³/mol. The van der Waals surface area contributed by atoms with Crippen LogP contribution in [0.3, 0.4) is 0 Å². The zero-order valence-corrected chi connectivity index (χ0v) is 9.18. The van der Waals surface area contributed by atoms with Crippen LogP contribution in [0.2, 0.25) is 0 Å². The third kappa shape index (κ3) is 2.21. The van der Waals surface area contributed by atoms with Crippen molar-refractivity contribution in [1.82, 2.24) is 0 Å². The Morgan fingerprint density at radius 1 is 1.27 bits per heavy atom. The minimum absolute atomic E-state index is 0.621. The van der Waals surface area contributed by atoms with E-state index in [1.54, 1.807) is 6.07 Å². The first kappa shape index (κ1) is 10.2. The maximum atomic E-state index is 11.2. The van der Waals surface area contributed by atoms with Crippen LogP contribution in [0.25, 0.3) is 0 Å². The average molecular weight is 223 g/mol. The van der Waals surface area contributed by atoms with E-state index in [1.165, 1.54) is 11.1 Å². The van der Waals surface area contributed by atoms with Crippen LogP contribution in [0.15, 0.2) is 30.2 Å². The molecule has 0 bridgehead atoms. The molecule has 4 heteroatoms. The zero-order valence-electron chi connectivity index (χ0n) is 8.36. The molecule has 0 radical (unpaired) electrons. The topological polar surface area (TPSA) is 46.2 Å². The van der Waals surface area contributed by atoms with Crippen molar-refractivity contribution in [1.29, 1.82) is 0 Å². The molecule has 1 aliphatic rings. The lowest BCUT2D eigenvalue weighted by Gasteiger charge is -2.06. The third-order valence-electron chi connectivity index (χ3n) is 2.58. The van der Waals surface area contributed by atoms with Gasteiger partial charge in [0.1, 0.15) is 0 Å². The molecule has 1 aliphatic carbocycles. The van der Waals surface area contributed by atoms with Crippen molar-refractivity contribution in [3.05, 3.63) is 41.3 Å². The Labute approximate surface area is 89.9 Å². The number of aryl methyl sites for hydroxylation is 2. The number of anilines is 1. The zero-order chi connectivity index (χ0) is 10.9. The molecule has 0 spiro atoms. The van der Waals surface area contributed by atoms with E-state index in [0.29, 0.717) is 5.69 Å². The van der Waals surface area contributed by atoms with Gasteiger partial charge in [-0.1, -0.05) is 12.6 Å². The number of rotatable bonds is 3. The molecule has 80 valence electrons. The summed E-state index contributed by atoms with van der Waals surface area (Å²) in [5.41, 5.74) is 3.20. The molecule has 0 unspecified atom stereocenters. The molecule has 3 nitrogen and oxygen atoms in total. The van der Waals surface area contributed by atoms with Gasteiger partial charge in [0.2, 0.25) is 0 Å². The van der Waals surface area contributed by atoms with Crippen molar-refractivity contribution in [2.75, 3.05) is 4.72 Å². The molecule has 0 fully saturated rings. The van der Waals surface area contributed by atoms with Gasteiger partial charge in [0.25, 0.3) is 10.0 Å². The molecule has 0 saturated heterocycles. The maximum absolute atomic E-state index is 11.2. The van der Waals surface area contributed by atoms with E-state index in [1.807, 2.05) is 12.1 Å². The van der Waals surface area contributed by atoms with Crippen molar-refractivity contribution in [3.8, 4) is 0 Å². The van der Waals surface area contributed by atoms with Gasteiger partial charge in [-0.25, -0.2) is 8.42 Å². The molecule has 0 aliphatic heterocycles. The Balaban J connectivity index is 2.28. The van der Waals surface area contributed by atoms with E-state index in [2.05, 4.69) is 11.3 Å². The van der Waals surface area contributed by atoms with Crippen LogP contribution in [0.5, 0.6) is 0 Å². The van der Waals surface area contributed by atoms with Crippen LogP contribution in [0.4, 0.5) is 5.69 Å². The fourth-order valence-electron chi connectivity index (χ4n) is 1.84. The van der Waals surface area contributed by atoms with Crippen molar-refractivity contribution in [3.63, 3.8) is 0 Å². The minimum Gasteiger partial charge on any atom is -0.280 e. The normalized spacial score (nSPS) is 14.7. The predicted octanol–water partition coefficient (Wildman–Crippen LogP) is 2.06. The van der Waals surface area contributed by atoms with E-state index in [0.717, 1.165) is 24.7 Å². The number of benzene rings is 1. The standard InChI is InChI=1S/C11H13NO2S/c1-2-15(13,14)12-11-7-6-9-4-3-5-10(9)8-11/h2,6-8,12H,1,3-5H2. The van der Waals surface area contributed by atoms with Gasteiger partial charge < -0.3 is 0 Å². The Morgan fingerprint density at radius 3 is 2.73 bits per heavy atom. The van der Waals surface area contributed by atoms with Crippen LogP contribution in [0, 0.1) is 0 Å². The van der Waals surface area contributed by atoms with Gasteiger partial charge in [-0.2, -0.15) is 0 Å². The van der Waals surface area contributed by atoms with Crippen LogP contribution in [-0.4, -0.2) is 8.42 Å². The summed E-state index contributed by atoms with van der Waals surface area (Å²) in [6, 6.07) is 5.69. The molecule has 1 aromatic carbocycles. The molecule has 1 aromatic rings.